The van der Waals surface area contributed by atoms with Crippen molar-refractivity contribution in [2.24, 2.45) is 5.73 Å². The van der Waals surface area contributed by atoms with Gasteiger partial charge in [-0.1, -0.05) is 17.7 Å². The summed E-state index contributed by atoms with van der Waals surface area (Å²) in [5.41, 5.74) is 5.65. The fourth-order valence-electron chi connectivity index (χ4n) is 1.32. The van der Waals surface area contributed by atoms with Crippen LogP contribution in [0, 0.1) is 5.82 Å². The van der Waals surface area contributed by atoms with E-state index >= 15 is 0 Å². The maximum absolute atomic E-state index is 13.3. The molecule has 0 unspecified atom stereocenters. The maximum Gasteiger partial charge on any atom is 0.221 e. The SMILES string of the molecule is NCCC(=O)NCCc1c(F)cccc1Cl. The summed E-state index contributed by atoms with van der Waals surface area (Å²) in [6.07, 6.45) is 0.660. The molecule has 1 amide bonds. The molecule has 5 heteroatoms. The van der Waals surface area contributed by atoms with Crippen molar-refractivity contribution in [2.45, 2.75) is 12.8 Å². The number of amides is 1. The third-order valence-corrected chi connectivity index (χ3v) is 2.48. The first-order valence-electron chi connectivity index (χ1n) is 5.05. The maximum atomic E-state index is 13.3. The van der Waals surface area contributed by atoms with E-state index in [-0.39, 0.29) is 18.1 Å². The predicted molar refractivity (Wildman–Crippen MR) is 61.8 cm³/mol. The summed E-state index contributed by atoms with van der Waals surface area (Å²) in [6.45, 7) is 0.672. The Labute approximate surface area is 98.8 Å². The quantitative estimate of drug-likeness (QED) is 0.825. The van der Waals surface area contributed by atoms with Crippen LogP contribution in [-0.4, -0.2) is 19.0 Å². The molecule has 0 bridgehead atoms. The van der Waals surface area contributed by atoms with Crippen LogP contribution in [-0.2, 0) is 11.2 Å². The zero-order chi connectivity index (χ0) is 12.0. The predicted octanol–water partition coefficient (Wildman–Crippen LogP) is 1.49. The zero-order valence-electron chi connectivity index (χ0n) is 8.80. The second kappa shape index (κ2) is 6.45. The molecule has 1 aromatic rings. The van der Waals surface area contributed by atoms with Crippen LogP contribution < -0.4 is 11.1 Å². The Kier molecular flexibility index (Phi) is 5.22. The standard InChI is InChI=1S/C11H14ClFN2O/c12-9-2-1-3-10(13)8(9)5-7-15-11(16)4-6-14/h1-3H,4-7,14H2,(H,15,16). The van der Waals surface area contributed by atoms with Crippen LogP contribution in [0.4, 0.5) is 4.39 Å². The highest BCUT2D eigenvalue weighted by atomic mass is 35.5. The van der Waals surface area contributed by atoms with Gasteiger partial charge in [0, 0.05) is 30.1 Å². The van der Waals surface area contributed by atoms with E-state index in [0.29, 0.717) is 30.1 Å². The lowest BCUT2D eigenvalue weighted by Crippen LogP contribution is -2.27. The van der Waals surface area contributed by atoms with E-state index in [4.69, 9.17) is 17.3 Å². The number of carbonyl (C=O) groups is 1. The molecule has 0 heterocycles. The van der Waals surface area contributed by atoms with Crippen LogP contribution in [0.3, 0.4) is 0 Å². The lowest BCUT2D eigenvalue weighted by atomic mass is 10.1. The van der Waals surface area contributed by atoms with Gasteiger partial charge in [0.2, 0.25) is 5.91 Å². The molecule has 0 radical (unpaired) electrons. The number of halogens is 2. The van der Waals surface area contributed by atoms with Gasteiger partial charge in [-0.2, -0.15) is 0 Å². The monoisotopic (exact) mass is 244 g/mol. The first kappa shape index (κ1) is 12.9. The molecule has 0 fully saturated rings. The molecular formula is C11H14ClFN2O. The average Bonchev–Trinajstić information content (AvgIpc) is 2.23. The Morgan fingerprint density at radius 1 is 1.50 bits per heavy atom. The fourth-order valence-corrected chi connectivity index (χ4v) is 1.58. The zero-order valence-corrected chi connectivity index (χ0v) is 9.56. The molecule has 1 rings (SSSR count). The van der Waals surface area contributed by atoms with Gasteiger partial charge in [0.15, 0.2) is 0 Å². The fraction of sp³-hybridized carbons (Fsp3) is 0.364. The number of nitrogens with two attached hydrogens (primary N) is 1. The minimum Gasteiger partial charge on any atom is -0.356 e. The molecule has 0 aromatic heterocycles. The van der Waals surface area contributed by atoms with Crippen LogP contribution in [0.25, 0.3) is 0 Å². The second-order valence-corrected chi connectivity index (χ2v) is 3.75. The van der Waals surface area contributed by atoms with Crippen molar-refractivity contribution in [3.05, 3.63) is 34.6 Å². The molecule has 0 atom stereocenters. The Morgan fingerprint density at radius 3 is 2.88 bits per heavy atom. The molecule has 0 aliphatic rings. The van der Waals surface area contributed by atoms with Gasteiger partial charge in [0.25, 0.3) is 0 Å². The third kappa shape index (κ3) is 3.79. The van der Waals surface area contributed by atoms with Crippen LogP contribution in [0.2, 0.25) is 5.02 Å². The summed E-state index contributed by atoms with van der Waals surface area (Å²) in [5.74, 6) is -0.476. The normalized spacial score (nSPS) is 10.2. The first-order valence-corrected chi connectivity index (χ1v) is 5.42. The van der Waals surface area contributed by atoms with Crippen LogP contribution in [0.1, 0.15) is 12.0 Å². The number of hydrogen-bond donors (Lipinski definition) is 2. The molecule has 0 spiro atoms. The van der Waals surface area contributed by atoms with Gasteiger partial charge in [-0.25, -0.2) is 4.39 Å². The van der Waals surface area contributed by atoms with Crippen molar-refractivity contribution in [2.75, 3.05) is 13.1 Å². The Balaban J connectivity index is 2.46. The molecule has 0 saturated heterocycles. The van der Waals surface area contributed by atoms with Gasteiger partial charge in [-0.15, -0.1) is 0 Å². The number of rotatable bonds is 5. The smallest absolute Gasteiger partial charge is 0.221 e. The summed E-state index contributed by atoms with van der Waals surface area (Å²) in [7, 11) is 0. The number of benzene rings is 1. The first-order chi connectivity index (χ1) is 7.65. The summed E-state index contributed by atoms with van der Waals surface area (Å²) in [4.78, 5) is 11.1. The van der Waals surface area contributed by atoms with Gasteiger partial charge in [0.05, 0.1) is 0 Å². The van der Waals surface area contributed by atoms with Crippen LogP contribution in [0.15, 0.2) is 18.2 Å². The minimum atomic E-state index is -0.347. The molecule has 0 saturated carbocycles. The minimum absolute atomic E-state index is 0.130. The molecule has 3 N–H and O–H groups in total. The summed E-state index contributed by atoms with van der Waals surface area (Å²) in [6, 6.07) is 4.53. The lowest BCUT2D eigenvalue weighted by Gasteiger charge is -2.07. The van der Waals surface area contributed by atoms with E-state index in [1.54, 1.807) is 12.1 Å². The van der Waals surface area contributed by atoms with Crippen molar-refractivity contribution in [3.8, 4) is 0 Å². The highest BCUT2D eigenvalue weighted by Gasteiger charge is 2.07. The van der Waals surface area contributed by atoms with E-state index in [9.17, 15) is 9.18 Å². The molecule has 0 aliphatic carbocycles. The van der Waals surface area contributed by atoms with E-state index in [2.05, 4.69) is 5.32 Å². The summed E-state index contributed by atoms with van der Waals surface area (Å²) in [5, 5.41) is 3.02. The molecular weight excluding hydrogens is 231 g/mol. The van der Waals surface area contributed by atoms with Gasteiger partial charge >= 0.3 is 0 Å². The number of nitrogens with one attached hydrogen (secondary N) is 1. The van der Waals surface area contributed by atoms with E-state index in [1.807, 2.05) is 0 Å². The van der Waals surface area contributed by atoms with Crippen molar-refractivity contribution in [1.29, 1.82) is 0 Å². The highest BCUT2D eigenvalue weighted by Crippen LogP contribution is 2.18. The molecule has 1 aromatic carbocycles. The lowest BCUT2D eigenvalue weighted by molar-refractivity contribution is -0.120. The van der Waals surface area contributed by atoms with Gasteiger partial charge in [0.1, 0.15) is 5.82 Å². The van der Waals surface area contributed by atoms with Gasteiger partial charge in [-0.3, -0.25) is 4.79 Å². The number of hydrogen-bond acceptors (Lipinski definition) is 2. The van der Waals surface area contributed by atoms with Crippen molar-refractivity contribution < 1.29 is 9.18 Å². The van der Waals surface area contributed by atoms with Crippen molar-refractivity contribution in [3.63, 3.8) is 0 Å². The highest BCUT2D eigenvalue weighted by molar-refractivity contribution is 6.31. The Morgan fingerprint density at radius 2 is 2.25 bits per heavy atom. The Bertz CT molecular complexity index is 351. The second-order valence-electron chi connectivity index (χ2n) is 3.34. The van der Waals surface area contributed by atoms with E-state index < -0.39 is 0 Å². The summed E-state index contributed by atoms with van der Waals surface area (Å²) >= 11 is 5.83. The van der Waals surface area contributed by atoms with Crippen LogP contribution in [0.5, 0.6) is 0 Å². The third-order valence-electron chi connectivity index (χ3n) is 2.13. The van der Waals surface area contributed by atoms with Crippen molar-refractivity contribution >= 4 is 17.5 Å². The number of carbonyl (C=O) groups excluding carboxylic acids is 1. The van der Waals surface area contributed by atoms with Gasteiger partial charge in [-0.05, 0) is 18.6 Å². The molecule has 3 nitrogen and oxygen atoms in total. The van der Waals surface area contributed by atoms with E-state index in [0.717, 1.165) is 0 Å². The van der Waals surface area contributed by atoms with Gasteiger partial charge < -0.3 is 11.1 Å². The topological polar surface area (TPSA) is 55.1 Å². The molecule has 88 valence electrons. The van der Waals surface area contributed by atoms with Crippen molar-refractivity contribution in [1.82, 2.24) is 5.32 Å². The van der Waals surface area contributed by atoms with Crippen LogP contribution >= 0.6 is 11.6 Å². The summed E-state index contributed by atoms with van der Waals surface area (Å²) < 4.78 is 13.3. The Hall–Kier alpha value is -1.13. The average molecular weight is 245 g/mol. The van der Waals surface area contributed by atoms with E-state index in [1.165, 1.54) is 6.07 Å². The molecule has 0 aliphatic heterocycles. The largest absolute Gasteiger partial charge is 0.356 e. The molecule has 16 heavy (non-hydrogen) atoms.